The molecule has 2 aromatic carbocycles. The van der Waals surface area contributed by atoms with Gasteiger partial charge < -0.3 is 10.1 Å². The number of halogens is 1. The van der Waals surface area contributed by atoms with E-state index in [1.807, 2.05) is 39.8 Å². The van der Waals surface area contributed by atoms with Crippen LogP contribution in [0, 0.1) is 19.7 Å². The van der Waals surface area contributed by atoms with Gasteiger partial charge in [-0.1, -0.05) is 30.7 Å². The second-order valence-electron chi connectivity index (χ2n) is 6.06. The van der Waals surface area contributed by atoms with E-state index in [4.69, 9.17) is 4.74 Å². The fraction of sp³-hybridized carbons (Fsp3) is 0.350. The molecule has 2 aromatic rings. The number of hydrogen-bond acceptors (Lipinski definition) is 2. The van der Waals surface area contributed by atoms with Crippen molar-refractivity contribution in [1.82, 2.24) is 5.32 Å². The molecular formula is C20H24FNO2. The lowest BCUT2D eigenvalue weighted by molar-refractivity contribution is -0.128. The summed E-state index contributed by atoms with van der Waals surface area (Å²) >= 11 is 0. The molecule has 0 fully saturated rings. The molecule has 0 heterocycles. The van der Waals surface area contributed by atoms with Gasteiger partial charge in [-0.2, -0.15) is 0 Å². The van der Waals surface area contributed by atoms with Gasteiger partial charge in [-0.3, -0.25) is 4.79 Å². The highest BCUT2D eigenvalue weighted by atomic mass is 19.1. The minimum absolute atomic E-state index is 0.107. The number of nitrogens with one attached hydrogen (secondary N) is 1. The van der Waals surface area contributed by atoms with Gasteiger partial charge in [0.25, 0.3) is 5.91 Å². The molecule has 0 aliphatic heterocycles. The van der Waals surface area contributed by atoms with Crippen LogP contribution in [0.15, 0.2) is 42.5 Å². The van der Waals surface area contributed by atoms with E-state index in [1.165, 1.54) is 29.8 Å². The zero-order chi connectivity index (χ0) is 17.7. The fourth-order valence-electron chi connectivity index (χ4n) is 2.70. The Balaban J connectivity index is 2.04. The van der Waals surface area contributed by atoms with E-state index in [0.29, 0.717) is 12.2 Å². The third-order valence-electron chi connectivity index (χ3n) is 4.01. The normalized spacial score (nSPS) is 13.2. The maximum atomic E-state index is 13.0. The standard InChI is InChI=1S/C20H24FNO2/c1-5-19(24-17-9-7-16(21)8-10-17)20(23)22-15(4)18-11-6-13(2)12-14(18)3/h6-12,15,19H,5H2,1-4H3,(H,22,23)/t15-,19+/m1/s1. The van der Waals surface area contributed by atoms with Crippen molar-refractivity contribution in [2.75, 3.05) is 0 Å². The first-order chi connectivity index (χ1) is 11.4. The van der Waals surface area contributed by atoms with Crippen molar-refractivity contribution in [3.63, 3.8) is 0 Å². The molecule has 2 rings (SSSR count). The summed E-state index contributed by atoms with van der Waals surface area (Å²) < 4.78 is 18.6. The van der Waals surface area contributed by atoms with Gasteiger partial charge >= 0.3 is 0 Å². The average Bonchev–Trinajstić information content (AvgIpc) is 2.54. The van der Waals surface area contributed by atoms with Crippen molar-refractivity contribution in [3.05, 3.63) is 65.0 Å². The molecule has 0 aromatic heterocycles. The van der Waals surface area contributed by atoms with Crippen LogP contribution < -0.4 is 10.1 Å². The Hall–Kier alpha value is -2.36. The van der Waals surface area contributed by atoms with Crippen molar-refractivity contribution < 1.29 is 13.9 Å². The number of benzene rings is 2. The number of rotatable bonds is 6. The van der Waals surface area contributed by atoms with E-state index in [2.05, 4.69) is 11.4 Å². The maximum Gasteiger partial charge on any atom is 0.261 e. The molecular weight excluding hydrogens is 305 g/mol. The van der Waals surface area contributed by atoms with Gasteiger partial charge in [0.05, 0.1) is 6.04 Å². The summed E-state index contributed by atoms with van der Waals surface area (Å²) in [6, 6.07) is 11.8. The Morgan fingerprint density at radius 1 is 1.17 bits per heavy atom. The Kier molecular flexibility index (Phi) is 5.96. The largest absolute Gasteiger partial charge is 0.481 e. The Morgan fingerprint density at radius 2 is 1.83 bits per heavy atom. The molecule has 0 unspecified atom stereocenters. The van der Waals surface area contributed by atoms with Crippen LogP contribution in [0.3, 0.4) is 0 Å². The molecule has 0 saturated heterocycles. The predicted octanol–water partition coefficient (Wildman–Crippen LogP) is 4.48. The minimum atomic E-state index is -0.608. The zero-order valence-electron chi connectivity index (χ0n) is 14.6. The van der Waals surface area contributed by atoms with Crippen molar-refractivity contribution in [1.29, 1.82) is 0 Å². The second kappa shape index (κ2) is 7.95. The molecule has 4 heteroatoms. The van der Waals surface area contributed by atoms with Gasteiger partial charge in [-0.15, -0.1) is 0 Å². The third-order valence-corrected chi connectivity index (χ3v) is 4.01. The molecule has 128 valence electrons. The highest BCUT2D eigenvalue weighted by molar-refractivity contribution is 5.81. The van der Waals surface area contributed by atoms with Gasteiger partial charge in [0.15, 0.2) is 6.10 Å². The van der Waals surface area contributed by atoms with Crippen LogP contribution in [0.2, 0.25) is 0 Å². The first-order valence-electron chi connectivity index (χ1n) is 8.20. The summed E-state index contributed by atoms with van der Waals surface area (Å²) in [6.07, 6.45) is -0.0772. The second-order valence-corrected chi connectivity index (χ2v) is 6.06. The smallest absolute Gasteiger partial charge is 0.261 e. The van der Waals surface area contributed by atoms with Crippen LogP contribution >= 0.6 is 0 Å². The SMILES string of the molecule is CC[C@H](Oc1ccc(F)cc1)C(=O)N[C@H](C)c1ccc(C)cc1C. The molecule has 0 radical (unpaired) electrons. The van der Waals surface area contributed by atoms with Crippen LogP contribution in [0.5, 0.6) is 5.75 Å². The van der Waals surface area contributed by atoms with Crippen LogP contribution in [0.4, 0.5) is 4.39 Å². The summed E-state index contributed by atoms with van der Waals surface area (Å²) in [4.78, 5) is 12.5. The van der Waals surface area contributed by atoms with E-state index in [-0.39, 0.29) is 17.8 Å². The molecule has 1 N–H and O–H groups in total. The minimum Gasteiger partial charge on any atom is -0.481 e. The monoisotopic (exact) mass is 329 g/mol. The number of carbonyl (C=O) groups excluding carboxylic acids is 1. The third kappa shape index (κ3) is 4.57. The average molecular weight is 329 g/mol. The first-order valence-corrected chi connectivity index (χ1v) is 8.20. The van der Waals surface area contributed by atoms with Gasteiger partial charge in [-0.05, 0) is 62.6 Å². The quantitative estimate of drug-likeness (QED) is 0.849. The van der Waals surface area contributed by atoms with Gasteiger partial charge in [0, 0.05) is 0 Å². The van der Waals surface area contributed by atoms with Crippen LogP contribution in [-0.2, 0) is 4.79 Å². The van der Waals surface area contributed by atoms with Crippen molar-refractivity contribution in [2.45, 2.75) is 46.3 Å². The van der Waals surface area contributed by atoms with Gasteiger partial charge in [0.2, 0.25) is 0 Å². The van der Waals surface area contributed by atoms with Crippen LogP contribution in [0.25, 0.3) is 0 Å². The number of amides is 1. The molecule has 0 bridgehead atoms. The fourth-order valence-corrected chi connectivity index (χ4v) is 2.70. The molecule has 0 aliphatic rings. The number of ether oxygens (including phenoxy) is 1. The lowest BCUT2D eigenvalue weighted by atomic mass is 10.00. The number of hydrogen-bond donors (Lipinski definition) is 1. The van der Waals surface area contributed by atoms with E-state index in [9.17, 15) is 9.18 Å². The van der Waals surface area contributed by atoms with E-state index in [0.717, 1.165) is 11.1 Å². The summed E-state index contributed by atoms with van der Waals surface area (Å²) in [5.41, 5.74) is 3.43. The molecule has 24 heavy (non-hydrogen) atoms. The van der Waals surface area contributed by atoms with E-state index < -0.39 is 6.10 Å². The van der Waals surface area contributed by atoms with Crippen molar-refractivity contribution in [3.8, 4) is 5.75 Å². The van der Waals surface area contributed by atoms with Crippen LogP contribution in [-0.4, -0.2) is 12.0 Å². The molecule has 0 spiro atoms. The van der Waals surface area contributed by atoms with Crippen molar-refractivity contribution >= 4 is 5.91 Å². The number of aryl methyl sites for hydroxylation is 2. The Morgan fingerprint density at radius 3 is 2.42 bits per heavy atom. The number of carbonyl (C=O) groups is 1. The lowest BCUT2D eigenvalue weighted by Gasteiger charge is -2.22. The maximum absolute atomic E-state index is 13.0. The summed E-state index contributed by atoms with van der Waals surface area (Å²) in [7, 11) is 0. The molecule has 3 nitrogen and oxygen atoms in total. The molecule has 0 aliphatic carbocycles. The Labute approximate surface area is 142 Å². The molecule has 2 atom stereocenters. The van der Waals surface area contributed by atoms with E-state index in [1.54, 1.807) is 0 Å². The van der Waals surface area contributed by atoms with Gasteiger partial charge in [0.1, 0.15) is 11.6 Å². The van der Waals surface area contributed by atoms with Crippen molar-refractivity contribution in [2.24, 2.45) is 0 Å². The lowest BCUT2D eigenvalue weighted by Crippen LogP contribution is -2.39. The van der Waals surface area contributed by atoms with Gasteiger partial charge in [-0.25, -0.2) is 4.39 Å². The molecule has 1 amide bonds. The predicted molar refractivity (Wildman–Crippen MR) is 93.6 cm³/mol. The van der Waals surface area contributed by atoms with E-state index >= 15 is 0 Å². The highest BCUT2D eigenvalue weighted by Crippen LogP contribution is 2.20. The topological polar surface area (TPSA) is 38.3 Å². The van der Waals surface area contributed by atoms with Crippen LogP contribution in [0.1, 0.15) is 43.0 Å². The Bertz CT molecular complexity index is 697. The zero-order valence-corrected chi connectivity index (χ0v) is 14.6. The first kappa shape index (κ1) is 18.0. The summed E-state index contributed by atoms with van der Waals surface area (Å²) in [5, 5.41) is 3.00. The summed E-state index contributed by atoms with van der Waals surface area (Å²) in [5.74, 6) is -0.0183. The summed E-state index contributed by atoms with van der Waals surface area (Å²) in [6.45, 7) is 7.93. The molecule has 0 saturated carbocycles. The highest BCUT2D eigenvalue weighted by Gasteiger charge is 2.21.